The van der Waals surface area contributed by atoms with E-state index in [4.69, 9.17) is 14.3 Å². The van der Waals surface area contributed by atoms with E-state index in [1.807, 2.05) is 42.5 Å². The molecule has 3 aromatic rings. The second kappa shape index (κ2) is 9.16. The van der Waals surface area contributed by atoms with Crippen LogP contribution in [-0.2, 0) is 25.7 Å². The van der Waals surface area contributed by atoms with Crippen LogP contribution < -0.4 is 5.48 Å². The van der Waals surface area contributed by atoms with Crippen LogP contribution in [-0.4, -0.2) is 25.2 Å². The molecule has 0 aliphatic rings. The number of fused-ring (bicyclic) bond motifs is 1. The first kappa shape index (κ1) is 19.6. The van der Waals surface area contributed by atoms with Crippen LogP contribution >= 0.6 is 11.3 Å². The summed E-state index contributed by atoms with van der Waals surface area (Å²) >= 11 is 1.48. The smallest absolute Gasteiger partial charge is 0.342 e. The van der Waals surface area contributed by atoms with Gasteiger partial charge in [-0.3, -0.25) is 15.3 Å². The lowest BCUT2D eigenvalue weighted by Crippen LogP contribution is -2.14. The Morgan fingerprint density at radius 1 is 1.21 bits per heavy atom. The number of ether oxygens (including phenoxy) is 2. The monoisotopic (exact) mass is 396 g/mol. The molecule has 2 heterocycles. The third-order valence-electron chi connectivity index (χ3n) is 3.97. The van der Waals surface area contributed by atoms with E-state index in [0.717, 1.165) is 20.5 Å². The van der Waals surface area contributed by atoms with Crippen molar-refractivity contribution in [2.75, 3.05) is 14.2 Å². The summed E-state index contributed by atoms with van der Waals surface area (Å²) in [6.45, 7) is 4.14. The molecule has 144 valence electrons. The number of carbonyl (C=O) groups is 1. The summed E-state index contributed by atoms with van der Waals surface area (Å²) in [5.74, 6) is -0.472. The summed E-state index contributed by atoms with van der Waals surface area (Å²) in [5, 5.41) is 0.999. The summed E-state index contributed by atoms with van der Waals surface area (Å²) in [6, 6.07) is 13.4. The summed E-state index contributed by atoms with van der Waals surface area (Å²) in [7, 11) is 2.83. The van der Waals surface area contributed by atoms with Crippen LogP contribution in [0.5, 0.6) is 0 Å². The van der Waals surface area contributed by atoms with Crippen molar-refractivity contribution in [3.05, 3.63) is 77.6 Å². The third-order valence-corrected chi connectivity index (χ3v) is 5.22. The van der Waals surface area contributed by atoms with Gasteiger partial charge in [0.1, 0.15) is 12.2 Å². The molecule has 28 heavy (non-hydrogen) atoms. The zero-order valence-corrected chi connectivity index (χ0v) is 16.4. The van der Waals surface area contributed by atoms with Gasteiger partial charge in [0.15, 0.2) is 0 Å². The van der Waals surface area contributed by atoms with Gasteiger partial charge in [-0.1, -0.05) is 30.8 Å². The van der Waals surface area contributed by atoms with Crippen LogP contribution in [0, 0.1) is 0 Å². The number of carbonyl (C=O) groups excluding carboxylic acids is 1. The molecule has 0 fully saturated rings. The normalized spacial score (nSPS) is 11.3. The number of pyridine rings is 1. The van der Waals surface area contributed by atoms with Crippen molar-refractivity contribution in [2.24, 2.45) is 0 Å². The van der Waals surface area contributed by atoms with E-state index >= 15 is 0 Å². The summed E-state index contributed by atoms with van der Waals surface area (Å²) in [4.78, 5) is 22.9. The van der Waals surface area contributed by atoms with Crippen molar-refractivity contribution in [1.82, 2.24) is 10.5 Å². The Hall–Kier alpha value is -3.16. The van der Waals surface area contributed by atoms with Gasteiger partial charge in [-0.2, -0.15) is 0 Å². The van der Waals surface area contributed by atoms with Crippen molar-refractivity contribution in [3.8, 4) is 0 Å². The minimum absolute atomic E-state index is 0.212. The Kier molecular flexibility index (Phi) is 6.41. The molecule has 0 aliphatic heterocycles. The van der Waals surface area contributed by atoms with Gasteiger partial charge in [-0.05, 0) is 23.6 Å². The topological polar surface area (TPSA) is 69.7 Å². The number of rotatable bonds is 8. The molecule has 0 saturated heterocycles. The highest BCUT2D eigenvalue weighted by atomic mass is 32.1. The van der Waals surface area contributed by atoms with Crippen molar-refractivity contribution >= 4 is 38.7 Å². The average Bonchev–Trinajstić information content (AvgIpc) is 3.10. The maximum absolute atomic E-state index is 12.3. The van der Waals surface area contributed by atoms with Crippen LogP contribution in [0.2, 0.25) is 0 Å². The maximum Gasteiger partial charge on any atom is 0.342 e. The van der Waals surface area contributed by atoms with Crippen molar-refractivity contribution in [3.63, 3.8) is 0 Å². The third kappa shape index (κ3) is 4.21. The molecule has 7 heteroatoms. The lowest BCUT2D eigenvalue weighted by molar-refractivity contribution is -0.133. The fraction of sp³-hybridized carbons (Fsp3) is 0.143. The first-order chi connectivity index (χ1) is 13.7. The first-order valence-corrected chi connectivity index (χ1v) is 9.27. The number of hydrogen-bond donors (Lipinski definition) is 1. The SMILES string of the molecule is C=C(NOCc1c(C(=COC)C(=O)OC)sc2ccccc12)c1ccccn1. The highest BCUT2D eigenvalue weighted by Gasteiger charge is 2.22. The van der Waals surface area contributed by atoms with Gasteiger partial charge in [0.25, 0.3) is 0 Å². The van der Waals surface area contributed by atoms with Crippen LogP contribution in [0.3, 0.4) is 0 Å². The Bertz CT molecular complexity index is 1010. The molecule has 6 nitrogen and oxygen atoms in total. The second-order valence-electron chi connectivity index (χ2n) is 5.75. The van der Waals surface area contributed by atoms with Gasteiger partial charge < -0.3 is 9.47 Å². The van der Waals surface area contributed by atoms with E-state index < -0.39 is 5.97 Å². The second-order valence-corrected chi connectivity index (χ2v) is 6.80. The molecule has 1 N–H and O–H groups in total. The fourth-order valence-electron chi connectivity index (χ4n) is 2.67. The van der Waals surface area contributed by atoms with Crippen molar-refractivity contribution in [1.29, 1.82) is 0 Å². The van der Waals surface area contributed by atoms with Crippen LogP contribution in [0.1, 0.15) is 16.1 Å². The molecule has 0 saturated carbocycles. The van der Waals surface area contributed by atoms with E-state index in [-0.39, 0.29) is 6.61 Å². The Morgan fingerprint density at radius 3 is 2.71 bits per heavy atom. The van der Waals surface area contributed by atoms with E-state index in [2.05, 4.69) is 17.0 Å². The number of thiophene rings is 1. The number of esters is 1. The molecule has 0 bridgehead atoms. The zero-order chi connectivity index (χ0) is 19.9. The highest BCUT2D eigenvalue weighted by molar-refractivity contribution is 7.20. The standard InChI is InChI=1S/C21H20N2O4S/c1-14(18-9-6-7-11-22-18)23-27-13-16-15-8-4-5-10-19(15)28-20(16)17(12-25-2)21(24)26-3/h4-12,23H,1,13H2,2-3H3. The number of nitrogens with zero attached hydrogens (tertiary/aromatic N) is 1. The van der Waals surface area contributed by atoms with E-state index in [1.165, 1.54) is 31.8 Å². The number of hydrogen-bond acceptors (Lipinski definition) is 7. The molecule has 0 amide bonds. The maximum atomic E-state index is 12.3. The first-order valence-electron chi connectivity index (χ1n) is 8.46. The Balaban J connectivity index is 1.88. The molecule has 1 aromatic carbocycles. The predicted molar refractivity (Wildman–Crippen MR) is 110 cm³/mol. The largest absolute Gasteiger partial charge is 0.503 e. The molecule has 0 unspecified atom stereocenters. The molecule has 0 aliphatic carbocycles. The van der Waals surface area contributed by atoms with E-state index in [1.54, 1.807) is 6.20 Å². The van der Waals surface area contributed by atoms with Crippen molar-refractivity contribution < 1.29 is 19.1 Å². The molecule has 0 spiro atoms. The molecule has 0 atom stereocenters. The van der Waals surface area contributed by atoms with Crippen LogP contribution in [0.25, 0.3) is 21.4 Å². The quantitative estimate of drug-likeness (QED) is 0.267. The van der Waals surface area contributed by atoms with Crippen molar-refractivity contribution in [2.45, 2.75) is 6.61 Å². The highest BCUT2D eigenvalue weighted by Crippen LogP contribution is 2.36. The number of benzene rings is 1. The van der Waals surface area contributed by atoms with Crippen LogP contribution in [0.4, 0.5) is 0 Å². The number of methoxy groups -OCH3 is 2. The minimum atomic E-state index is -0.472. The molecular formula is C21H20N2O4S. The van der Waals surface area contributed by atoms with Gasteiger partial charge in [0, 0.05) is 16.5 Å². The predicted octanol–water partition coefficient (Wildman–Crippen LogP) is 4.15. The van der Waals surface area contributed by atoms with Gasteiger partial charge >= 0.3 is 5.97 Å². The van der Waals surface area contributed by atoms with Gasteiger partial charge in [-0.15, -0.1) is 11.3 Å². The summed E-state index contributed by atoms with van der Waals surface area (Å²) in [6.07, 6.45) is 3.07. The molecular weight excluding hydrogens is 376 g/mol. The van der Waals surface area contributed by atoms with Gasteiger partial charge in [-0.25, -0.2) is 4.79 Å². The molecule has 3 rings (SSSR count). The number of hydroxylamine groups is 1. The number of aromatic nitrogens is 1. The van der Waals surface area contributed by atoms with E-state index in [9.17, 15) is 4.79 Å². The van der Waals surface area contributed by atoms with E-state index in [0.29, 0.717) is 17.0 Å². The van der Waals surface area contributed by atoms with Crippen LogP contribution in [0.15, 0.2) is 61.5 Å². The Labute approximate surface area is 167 Å². The van der Waals surface area contributed by atoms with Gasteiger partial charge in [0.05, 0.1) is 36.7 Å². The average molecular weight is 396 g/mol. The fourth-order valence-corrected chi connectivity index (χ4v) is 3.87. The zero-order valence-electron chi connectivity index (χ0n) is 15.6. The lowest BCUT2D eigenvalue weighted by Gasteiger charge is -2.11. The summed E-state index contributed by atoms with van der Waals surface area (Å²) < 4.78 is 11.0. The molecule has 0 radical (unpaired) electrons. The van der Waals surface area contributed by atoms with Gasteiger partial charge in [0.2, 0.25) is 0 Å². The molecule has 2 aromatic heterocycles. The Morgan fingerprint density at radius 2 is 2.00 bits per heavy atom. The summed E-state index contributed by atoms with van der Waals surface area (Å²) in [5.41, 5.74) is 5.25. The lowest BCUT2D eigenvalue weighted by atomic mass is 10.1. The number of nitrogens with one attached hydrogen (secondary N) is 1. The minimum Gasteiger partial charge on any atom is -0.503 e.